The minimum Gasteiger partial charge on any atom is -0.870 e. The van der Waals surface area contributed by atoms with E-state index in [2.05, 4.69) is 10.6 Å². The molecule has 2 aromatic carbocycles. The molecule has 2 aromatic heterocycles. The first-order valence-electron chi connectivity index (χ1n) is 10.3. The number of carboxylic acid groups (broad SMARTS) is 1. The molecule has 0 saturated heterocycles. The summed E-state index contributed by atoms with van der Waals surface area (Å²) in [6.45, 7) is 0. The fourth-order valence-electron chi connectivity index (χ4n) is 3.71. The Morgan fingerprint density at radius 3 is 2.51 bits per heavy atom. The molecule has 0 radical (unpaired) electrons. The van der Waals surface area contributed by atoms with E-state index in [9.17, 15) is 33.4 Å². The largest absolute Gasteiger partial charge is 1.00 e. The van der Waals surface area contributed by atoms with Crippen LogP contribution >= 0.6 is 11.3 Å². The summed E-state index contributed by atoms with van der Waals surface area (Å²) in [6.07, 6.45) is -0.644. The van der Waals surface area contributed by atoms with Crippen molar-refractivity contribution in [3.05, 3.63) is 81.5 Å². The maximum absolute atomic E-state index is 14.2. The van der Waals surface area contributed by atoms with Gasteiger partial charge >= 0.3 is 65.1 Å². The Labute approximate surface area is 257 Å². The molecule has 1 atom stereocenters. The monoisotopic (exact) mass is 543 g/mol. The van der Waals surface area contributed by atoms with Gasteiger partial charge in [0.15, 0.2) is 0 Å². The van der Waals surface area contributed by atoms with E-state index in [1.807, 2.05) is 0 Å². The third-order valence-corrected chi connectivity index (χ3v) is 6.31. The van der Waals surface area contributed by atoms with Gasteiger partial charge in [0.2, 0.25) is 0 Å². The van der Waals surface area contributed by atoms with E-state index in [0.717, 1.165) is 23.5 Å². The van der Waals surface area contributed by atoms with Gasteiger partial charge in [0, 0.05) is 35.8 Å². The SMILES string of the molecule is Cn1c(=O)c(NC(=O)N[C@@H](CC(=O)[O-])c2cccc(-c3ccc(F)cc3F)c2)c([O-])c2sccc21.[Na+].[Na+]. The van der Waals surface area contributed by atoms with Gasteiger partial charge in [-0.1, -0.05) is 23.9 Å². The second kappa shape index (κ2) is 13.0. The third-order valence-electron chi connectivity index (χ3n) is 5.40. The fourth-order valence-corrected chi connectivity index (χ4v) is 4.58. The van der Waals surface area contributed by atoms with Crippen molar-refractivity contribution in [2.75, 3.05) is 5.32 Å². The number of aliphatic carboxylic acids is 1. The molecule has 0 saturated carbocycles. The third kappa shape index (κ3) is 6.80. The molecule has 13 heteroatoms. The number of aryl methyl sites for hydroxylation is 1. The Morgan fingerprint density at radius 1 is 1.11 bits per heavy atom. The molecule has 2 N–H and O–H groups in total. The summed E-state index contributed by atoms with van der Waals surface area (Å²) in [5.74, 6) is -3.69. The number of carbonyl (C=O) groups excluding carboxylic acids is 2. The average molecular weight is 543 g/mol. The van der Waals surface area contributed by atoms with Gasteiger partial charge in [-0.05, 0) is 40.8 Å². The van der Waals surface area contributed by atoms with Crippen LogP contribution in [0.4, 0.5) is 19.3 Å². The summed E-state index contributed by atoms with van der Waals surface area (Å²) in [6, 6.07) is 8.54. The number of anilines is 1. The first-order chi connectivity index (χ1) is 16.7. The predicted octanol–water partition coefficient (Wildman–Crippen LogP) is -3.37. The minimum atomic E-state index is -1.48. The van der Waals surface area contributed by atoms with Crippen LogP contribution in [0.1, 0.15) is 18.0 Å². The van der Waals surface area contributed by atoms with Crippen LogP contribution in [0.3, 0.4) is 0 Å². The Balaban J connectivity index is 0.00000241. The minimum absolute atomic E-state index is 0. The molecule has 0 fully saturated rings. The van der Waals surface area contributed by atoms with E-state index in [0.29, 0.717) is 11.1 Å². The van der Waals surface area contributed by atoms with Gasteiger partial charge in [0.1, 0.15) is 17.3 Å². The van der Waals surface area contributed by atoms with E-state index in [1.165, 1.54) is 35.9 Å². The van der Waals surface area contributed by atoms with Crippen LogP contribution in [0.25, 0.3) is 21.3 Å². The molecule has 0 unspecified atom stereocenters. The maximum Gasteiger partial charge on any atom is 1.00 e. The second-order valence-corrected chi connectivity index (χ2v) is 8.60. The molecule has 180 valence electrons. The molecular formula is C24H17F2N3Na2O5S. The van der Waals surface area contributed by atoms with Gasteiger partial charge in [-0.2, -0.15) is 0 Å². The van der Waals surface area contributed by atoms with Crippen molar-refractivity contribution in [3.8, 4) is 16.9 Å². The zero-order chi connectivity index (χ0) is 25.3. The molecule has 0 bridgehead atoms. The number of amides is 2. The summed E-state index contributed by atoms with van der Waals surface area (Å²) in [4.78, 5) is 36.6. The van der Waals surface area contributed by atoms with Crippen LogP contribution < -0.4 is 85.5 Å². The molecule has 2 heterocycles. The van der Waals surface area contributed by atoms with Crippen LogP contribution in [0.15, 0.2) is 58.7 Å². The van der Waals surface area contributed by atoms with Crippen LogP contribution in [-0.2, 0) is 11.8 Å². The van der Waals surface area contributed by atoms with Crippen molar-refractivity contribution in [2.45, 2.75) is 12.5 Å². The van der Waals surface area contributed by atoms with Crippen molar-refractivity contribution in [2.24, 2.45) is 7.05 Å². The Kier molecular flexibility index (Phi) is 10.9. The van der Waals surface area contributed by atoms with Crippen molar-refractivity contribution < 1.29 is 87.7 Å². The first kappa shape index (κ1) is 31.0. The molecule has 0 aliphatic carbocycles. The Bertz CT molecular complexity index is 1530. The number of hydrogen-bond acceptors (Lipinski definition) is 6. The van der Waals surface area contributed by atoms with Crippen molar-refractivity contribution in [1.29, 1.82) is 0 Å². The summed E-state index contributed by atoms with van der Waals surface area (Å²) >= 11 is 1.11. The van der Waals surface area contributed by atoms with Crippen LogP contribution in [0.2, 0.25) is 0 Å². The molecule has 4 rings (SSSR count). The van der Waals surface area contributed by atoms with Gasteiger partial charge in [-0.25, -0.2) is 13.6 Å². The second-order valence-electron chi connectivity index (χ2n) is 7.68. The van der Waals surface area contributed by atoms with Gasteiger partial charge in [-0.3, -0.25) is 4.79 Å². The zero-order valence-corrected chi connectivity index (χ0v) is 24.9. The number of carbonyl (C=O) groups is 2. The van der Waals surface area contributed by atoms with Crippen LogP contribution in [0, 0.1) is 11.6 Å². The van der Waals surface area contributed by atoms with E-state index in [-0.39, 0.29) is 74.9 Å². The van der Waals surface area contributed by atoms with E-state index in [1.54, 1.807) is 17.5 Å². The maximum atomic E-state index is 14.2. The number of nitrogens with one attached hydrogen (secondary N) is 2. The number of carboxylic acids is 1. The number of nitrogens with zero attached hydrogens (tertiary/aromatic N) is 1. The van der Waals surface area contributed by atoms with Gasteiger partial charge < -0.3 is 30.2 Å². The van der Waals surface area contributed by atoms with Gasteiger partial charge in [0.05, 0.1) is 11.6 Å². The van der Waals surface area contributed by atoms with Gasteiger partial charge in [-0.15, -0.1) is 11.3 Å². The molecule has 4 aromatic rings. The fraction of sp³-hybridized carbons (Fsp3) is 0.125. The van der Waals surface area contributed by atoms with E-state index >= 15 is 0 Å². The number of benzene rings is 2. The number of hydrogen-bond donors (Lipinski definition) is 2. The number of pyridine rings is 1. The zero-order valence-electron chi connectivity index (χ0n) is 20.1. The van der Waals surface area contributed by atoms with Crippen LogP contribution in [-0.4, -0.2) is 16.6 Å². The average Bonchev–Trinajstić information content (AvgIpc) is 3.30. The number of aromatic nitrogens is 1. The Hall–Kier alpha value is -2.25. The summed E-state index contributed by atoms with van der Waals surface area (Å²) in [5, 5.41) is 30.3. The standard InChI is InChI=1S/C24H19F2N3O5S.2Na/c1-29-18-7-8-35-22(18)21(32)20(23(29)33)28-24(34)27-17(11-19(30)31)13-4-2-3-12(9-13)15-6-5-14(25)10-16(15)26;;/h2-10,17,32H,11H2,1H3,(H,30,31)(H2,27,28,34);;/q;2*+1/p-2/t17-;;/m0../s1. The quantitative estimate of drug-likeness (QED) is 0.246. The molecule has 0 aliphatic heterocycles. The molecule has 0 aliphatic rings. The Morgan fingerprint density at radius 2 is 1.84 bits per heavy atom. The summed E-state index contributed by atoms with van der Waals surface area (Å²) < 4.78 is 29.0. The van der Waals surface area contributed by atoms with Crippen LogP contribution in [0.5, 0.6) is 5.75 Å². The first-order valence-corrected chi connectivity index (χ1v) is 11.1. The predicted molar refractivity (Wildman–Crippen MR) is 123 cm³/mol. The van der Waals surface area contributed by atoms with E-state index in [4.69, 9.17) is 0 Å². The number of urea groups is 1. The molecule has 0 spiro atoms. The number of halogens is 2. The van der Waals surface area contributed by atoms with Crippen molar-refractivity contribution >= 4 is 39.2 Å². The summed E-state index contributed by atoms with van der Waals surface area (Å²) in [7, 11) is 1.46. The van der Waals surface area contributed by atoms with Crippen molar-refractivity contribution in [1.82, 2.24) is 9.88 Å². The number of thiophene rings is 1. The number of fused-ring (bicyclic) bond motifs is 1. The molecule has 37 heavy (non-hydrogen) atoms. The number of rotatable bonds is 6. The van der Waals surface area contributed by atoms with E-state index < -0.39 is 53.1 Å². The van der Waals surface area contributed by atoms with Gasteiger partial charge in [0.25, 0.3) is 5.56 Å². The summed E-state index contributed by atoms with van der Waals surface area (Å²) in [5.41, 5.74) is -0.0845. The molecule has 2 amide bonds. The topological polar surface area (TPSA) is 126 Å². The normalized spacial score (nSPS) is 11.2. The smallest absolute Gasteiger partial charge is 0.870 e. The molecular weight excluding hydrogens is 526 g/mol. The van der Waals surface area contributed by atoms with Crippen molar-refractivity contribution in [3.63, 3.8) is 0 Å². The molecule has 8 nitrogen and oxygen atoms in total.